The van der Waals surface area contributed by atoms with Crippen molar-refractivity contribution in [2.75, 3.05) is 69.1 Å². The largest absolute Gasteiger partial charge is 0.507 e. The molecule has 354 valence electrons. The predicted octanol–water partition coefficient (Wildman–Crippen LogP) is 5.54. The van der Waals surface area contributed by atoms with Gasteiger partial charge in [0.05, 0.1) is 52.2 Å². The Morgan fingerprint density at radius 1 is 0.938 bits per heavy atom. The number of aromatic hydroxyl groups is 1. The van der Waals surface area contributed by atoms with Crippen LogP contribution in [-0.2, 0) is 14.4 Å². The number of aromatic nitrogens is 3. The Hall–Kier alpha value is -4.29. The van der Waals surface area contributed by atoms with E-state index in [9.17, 15) is 24.6 Å². The number of carbonyl (C=O) groups is 3. The van der Waals surface area contributed by atoms with Gasteiger partial charge >= 0.3 is 0 Å². The summed E-state index contributed by atoms with van der Waals surface area (Å²) >= 11 is 1.59. The number of thiazole rings is 1. The molecule has 5 atom stereocenters. The molecule has 0 aliphatic carbocycles. The molecular formula is C46H63Cl3N10O5S. The Balaban J connectivity index is 0.00000264. The lowest BCUT2D eigenvalue weighted by atomic mass is 9.85. The first-order chi connectivity index (χ1) is 29.7. The molecule has 3 saturated heterocycles. The molecule has 3 fully saturated rings. The van der Waals surface area contributed by atoms with Gasteiger partial charge in [-0.2, -0.15) is 0 Å². The van der Waals surface area contributed by atoms with Crippen LogP contribution < -0.4 is 20.9 Å². The minimum atomic E-state index is -0.877. The van der Waals surface area contributed by atoms with Gasteiger partial charge in [-0.25, -0.2) is 4.98 Å². The van der Waals surface area contributed by atoms with E-state index in [-0.39, 0.29) is 86.2 Å². The Labute approximate surface area is 404 Å². The molecule has 4 aromatic rings. The van der Waals surface area contributed by atoms with Gasteiger partial charge in [0.25, 0.3) is 0 Å². The Bertz CT molecular complexity index is 2260. The average molecular weight is 975 g/mol. The molecule has 0 spiro atoms. The summed E-state index contributed by atoms with van der Waals surface area (Å²) in [6, 6.07) is 15.5. The van der Waals surface area contributed by atoms with Crippen molar-refractivity contribution in [1.29, 1.82) is 0 Å². The van der Waals surface area contributed by atoms with Gasteiger partial charge in [0, 0.05) is 51.3 Å². The SMILES string of the molecule is Cc1ncsc1-c1ccc([C@H](C)NC(=O)[C@@H]2C[C@@H](O)CN2C(=O)[C@@H](NC(=O)CN2CCC(CN3CCN4c5cc(-c6ccccc6O)nnc5NCC4C3)CC2)C(C)(C)C)cc1.Cl.Cl.Cl. The highest BCUT2D eigenvalue weighted by Gasteiger charge is 2.45. The molecule has 1 unspecified atom stereocenters. The topological polar surface area (TPSA) is 179 Å². The Morgan fingerprint density at radius 3 is 2.34 bits per heavy atom. The van der Waals surface area contributed by atoms with E-state index >= 15 is 0 Å². The molecule has 3 amide bonds. The van der Waals surface area contributed by atoms with E-state index in [2.05, 4.69) is 45.8 Å². The molecule has 0 bridgehead atoms. The van der Waals surface area contributed by atoms with Gasteiger partial charge in [0.2, 0.25) is 17.7 Å². The highest BCUT2D eigenvalue weighted by Crippen LogP contribution is 2.37. The third-order valence-electron chi connectivity index (χ3n) is 13.0. The summed E-state index contributed by atoms with van der Waals surface area (Å²) in [6.45, 7) is 16.0. The third kappa shape index (κ3) is 11.8. The van der Waals surface area contributed by atoms with Gasteiger partial charge in [-0.15, -0.1) is 58.8 Å². The fourth-order valence-electron chi connectivity index (χ4n) is 9.46. The molecule has 6 heterocycles. The first kappa shape index (κ1) is 51.7. The molecule has 2 aromatic heterocycles. The number of rotatable bonds is 11. The van der Waals surface area contributed by atoms with Crippen LogP contribution in [0.1, 0.15) is 64.3 Å². The maximum absolute atomic E-state index is 14.3. The number of halogens is 3. The summed E-state index contributed by atoms with van der Waals surface area (Å²) in [4.78, 5) is 55.7. The quantitative estimate of drug-likeness (QED) is 0.127. The monoisotopic (exact) mass is 972 g/mol. The number of anilines is 2. The molecule has 4 aliphatic rings. The molecule has 0 saturated carbocycles. The number of carbonyl (C=O) groups excluding carboxylic acids is 3. The van der Waals surface area contributed by atoms with Crippen molar-refractivity contribution >= 4 is 77.8 Å². The van der Waals surface area contributed by atoms with E-state index in [1.807, 2.05) is 82.6 Å². The van der Waals surface area contributed by atoms with E-state index in [4.69, 9.17) is 0 Å². The van der Waals surface area contributed by atoms with E-state index in [1.165, 1.54) is 4.90 Å². The molecule has 2 aromatic carbocycles. The molecule has 8 rings (SSSR count). The highest BCUT2D eigenvalue weighted by molar-refractivity contribution is 7.13. The number of benzene rings is 2. The van der Waals surface area contributed by atoms with Crippen LogP contribution >= 0.6 is 48.6 Å². The van der Waals surface area contributed by atoms with Crippen molar-refractivity contribution in [3.05, 3.63) is 71.4 Å². The first-order valence-corrected chi connectivity index (χ1v) is 22.8. The minimum Gasteiger partial charge on any atom is -0.507 e. The smallest absolute Gasteiger partial charge is 0.246 e. The van der Waals surface area contributed by atoms with E-state index < -0.39 is 23.6 Å². The minimum absolute atomic E-state index is 0. The van der Waals surface area contributed by atoms with Crippen LogP contribution in [0.2, 0.25) is 0 Å². The van der Waals surface area contributed by atoms with Gasteiger partial charge in [-0.1, -0.05) is 57.2 Å². The van der Waals surface area contributed by atoms with Gasteiger partial charge < -0.3 is 36.0 Å². The number of β-amino-alcohol motifs (C(OH)–C–C–N with tert-alkyl or cyclic N) is 1. The predicted molar refractivity (Wildman–Crippen MR) is 262 cm³/mol. The summed E-state index contributed by atoms with van der Waals surface area (Å²) < 4.78 is 0. The number of likely N-dealkylation sites (tertiary alicyclic amines) is 2. The summed E-state index contributed by atoms with van der Waals surface area (Å²) in [6.07, 6.45) is 1.25. The molecule has 4 aliphatic heterocycles. The van der Waals surface area contributed by atoms with Crippen molar-refractivity contribution in [3.8, 4) is 27.4 Å². The van der Waals surface area contributed by atoms with Gasteiger partial charge in [-0.3, -0.25) is 24.2 Å². The second-order valence-corrected chi connectivity index (χ2v) is 19.4. The second kappa shape index (κ2) is 22.0. The van der Waals surface area contributed by atoms with E-state index in [0.29, 0.717) is 23.2 Å². The summed E-state index contributed by atoms with van der Waals surface area (Å²) in [5, 5.41) is 39.6. The number of fused-ring (bicyclic) bond motifs is 3. The summed E-state index contributed by atoms with van der Waals surface area (Å²) in [7, 11) is 0. The Kier molecular flexibility index (Phi) is 17.5. The lowest BCUT2D eigenvalue weighted by Gasteiger charge is -2.47. The van der Waals surface area contributed by atoms with E-state index in [0.717, 1.165) is 91.9 Å². The number of phenols is 1. The van der Waals surface area contributed by atoms with Crippen molar-refractivity contribution in [2.45, 2.75) is 84.2 Å². The maximum atomic E-state index is 14.3. The number of para-hydroxylation sites is 1. The molecular weight excluding hydrogens is 911 g/mol. The lowest BCUT2D eigenvalue weighted by molar-refractivity contribution is -0.144. The van der Waals surface area contributed by atoms with Crippen LogP contribution in [0.3, 0.4) is 0 Å². The van der Waals surface area contributed by atoms with Gasteiger partial charge in [-0.05, 0) is 80.4 Å². The fourth-order valence-corrected chi connectivity index (χ4v) is 10.3. The van der Waals surface area contributed by atoms with Gasteiger partial charge in [0.1, 0.15) is 17.8 Å². The number of nitrogens with zero attached hydrogens (tertiary/aromatic N) is 7. The number of phenolic OH excluding ortho intramolecular Hbond substituents is 1. The average Bonchev–Trinajstić information content (AvgIpc) is 3.87. The number of nitrogens with one attached hydrogen (secondary N) is 3. The van der Waals surface area contributed by atoms with Crippen LogP contribution in [0.5, 0.6) is 5.75 Å². The Morgan fingerprint density at radius 2 is 1.66 bits per heavy atom. The molecule has 15 nitrogen and oxygen atoms in total. The molecule has 65 heavy (non-hydrogen) atoms. The summed E-state index contributed by atoms with van der Waals surface area (Å²) in [5.74, 6) is 0.565. The number of aliphatic hydroxyl groups is 1. The van der Waals surface area contributed by atoms with Crippen molar-refractivity contribution in [1.82, 2.24) is 40.5 Å². The van der Waals surface area contributed by atoms with Crippen molar-refractivity contribution in [3.63, 3.8) is 0 Å². The van der Waals surface area contributed by atoms with Crippen molar-refractivity contribution in [2.24, 2.45) is 11.3 Å². The highest BCUT2D eigenvalue weighted by atomic mass is 35.5. The van der Waals surface area contributed by atoms with Gasteiger partial charge in [0.15, 0.2) is 5.82 Å². The number of aliphatic hydroxyl groups excluding tert-OH is 1. The van der Waals surface area contributed by atoms with Crippen LogP contribution in [0.25, 0.3) is 21.7 Å². The molecule has 19 heteroatoms. The van der Waals surface area contributed by atoms with Crippen LogP contribution in [-0.4, -0.2) is 141 Å². The fraction of sp³-hybridized carbons (Fsp3) is 0.522. The number of hydrogen-bond donors (Lipinski definition) is 5. The van der Waals surface area contributed by atoms with E-state index in [1.54, 1.807) is 23.5 Å². The van der Waals surface area contributed by atoms with Crippen LogP contribution in [0, 0.1) is 18.3 Å². The molecule has 5 N–H and O–H groups in total. The van der Waals surface area contributed by atoms with Crippen LogP contribution in [0.15, 0.2) is 60.1 Å². The number of piperazine rings is 1. The normalized spacial score (nSPS) is 21.0. The number of aryl methyl sites for hydroxylation is 1. The van der Waals surface area contributed by atoms with Crippen molar-refractivity contribution < 1.29 is 24.6 Å². The second-order valence-electron chi connectivity index (χ2n) is 18.6. The molecule has 0 radical (unpaired) electrons. The zero-order valence-electron chi connectivity index (χ0n) is 37.6. The zero-order chi connectivity index (χ0) is 43.7. The lowest BCUT2D eigenvalue weighted by Crippen LogP contribution is -2.59. The first-order valence-electron chi connectivity index (χ1n) is 21.9. The number of amides is 3. The number of piperidine rings is 1. The summed E-state index contributed by atoms with van der Waals surface area (Å²) in [5.41, 5.74) is 6.50. The van der Waals surface area contributed by atoms with Crippen LogP contribution in [0.4, 0.5) is 11.5 Å². The standard InChI is InChI=1S/C46H60N10O5S.3ClH/c1-28(31-10-12-32(13-11-31)41-29(2)48-27-62-41)49-44(60)38-20-34(57)25-56(38)45(61)42(46(3,4)5)50-40(59)26-53-16-14-30(15-17-53)23-54-18-19-55-33(24-54)22-47-43-37(55)21-36(51-52-43)35-8-6-7-9-39(35)58;;;/h6-13,21,27-28,30,33-34,38,42,57-58H,14-20,22-26H2,1-5H3,(H,47,52)(H,49,60)(H,50,59);3*1H/t28-,33?,34+,38-,42+;;;/m0.../s1. The maximum Gasteiger partial charge on any atom is 0.246 e. The number of hydrogen-bond acceptors (Lipinski definition) is 13. The third-order valence-corrected chi connectivity index (χ3v) is 14.0. The zero-order valence-corrected chi connectivity index (χ0v) is 40.9.